The summed E-state index contributed by atoms with van der Waals surface area (Å²) in [5.74, 6) is 0.777. The van der Waals surface area contributed by atoms with E-state index in [-0.39, 0.29) is 0 Å². The fourth-order valence-corrected chi connectivity index (χ4v) is 1.45. The molecule has 1 aliphatic heterocycles. The van der Waals surface area contributed by atoms with Crippen LogP contribution in [0.4, 0.5) is 0 Å². The van der Waals surface area contributed by atoms with E-state index in [1.54, 1.807) is 0 Å². The molecule has 0 aromatic carbocycles. The van der Waals surface area contributed by atoms with Crippen molar-refractivity contribution in [1.29, 1.82) is 0 Å². The van der Waals surface area contributed by atoms with Crippen LogP contribution in [-0.4, -0.2) is 24.0 Å². The van der Waals surface area contributed by atoms with E-state index in [1.165, 1.54) is 13.0 Å². The van der Waals surface area contributed by atoms with E-state index in [0.29, 0.717) is 6.04 Å². The Morgan fingerprint density at radius 1 is 1.45 bits per heavy atom. The molecule has 64 valence electrons. The molecule has 0 aromatic heterocycles. The van der Waals surface area contributed by atoms with Gasteiger partial charge in [0.2, 0.25) is 0 Å². The third-order valence-corrected chi connectivity index (χ3v) is 2.41. The Morgan fingerprint density at radius 2 is 2.18 bits per heavy atom. The van der Waals surface area contributed by atoms with Crippen LogP contribution in [0.1, 0.15) is 27.2 Å². The van der Waals surface area contributed by atoms with Crippen LogP contribution in [0, 0.1) is 5.92 Å². The number of rotatable bonds is 1. The maximum absolute atomic E-state index is 2.51. The predicted octanol–water partition coefficient (Wildman–Crippen LogP) is 2.29. The molecule has 0 bridgehead atoms. The minimum atomic E-state index is 0.699. The molecule has 0 saturated carbocycles. The molecule has 1 heteroatoms. The summed E-state index contributed by atoms with van der Waals surface area (Å²) in [6.45, 7) is 9.22. The van der Waals surface area contributed by atoms with E-state index in [9.17, 15) is 0 Å². The molecule has 0 aromatic rings. The van der Waals surface area contributed by atoms with E-state index in [2.05, 4.69) is 37.8 Å². The van der Waals surface area contributed by atoms with Gasteiger partial charge in [0.15, 0.2) is 0 Å². The minimum absolute atomic E-state index is 0.699. The van der Waals surface area contributed by atoms with Crippen molar-refractivity contribution in [2.45, 2.75) is 33.2 Å². The van der Waals surface area contributed by atoms with Gasteiger partial charge >= 0.3 is 0 Å². The van der Waals surface area contributed by atoms with Crippen LogP contribution in [0.25, 0.3) is 0 Å². The molecule has 1 atom stereocenters. The number of allylic oxidation sites excluding steroid dienone is 1. The molecule has 11 heavy (non-hydrogen) atoms. The van der Waals surface area contributed by atoms with Gasteiger partial charge in [0.05, 0.1) is 0 Å². The van der Waals surface area contributed by atoms with Gasteiger partial charge in [-0.3, -0.25) is 4.90 Å². The Balaban J connectivity index is 2.43. The van der Waals surface area contributed by atoms with E-state index in [1.807, 2.05) is 0 Å². The largest absolute Gasteiger partial charge is 0.297 e. The molecular weight excluding hydrogens is 134 g/mol. The average molecular weight is 153 g/mol. The molecule has 1 unspecified atom stereocenters. The lowest BCUT2D eigenvalue weighted by molar-refractivity contribution is 0.241. The number of nitrogens with zero attached hydrogens (tertiary/aromatic N) is 1. The summed E-state index contributed by atoms with van der Waals surface area (Å²) < 4.78 is 0. The molecule has 0 spiro atoms. The van der Waals surface area contributed by atoms with Crippen LogP contribution in [-0.2, 0) is 0 Å². The maximum atomic E-state index is 2.51. The zero-order valence-electron chi connectivity index (χ0n) is 7.88. The highest BCUT2D eigenvalue weighted by molar-refractivity contribution is 4.92. The van der Waals surface area contributed by atoms with Gasteiger partial charge in [0.25, 0.3) is 0 Å². The number of hydrogen-bond donors (Lipinski definition) is 0. The lowest BCUT2D eigenvalue weighted by Gasteiger charge is -2.23. The Kier molecular flexibility index (Phi) is 3.13. The Labute approximate surface area is 70.1 Å². The molecule has 0 fully saturated rings. The van der Waals surface area contributed by atoms with Gasteiger partial charge in [0.1, 0.15) is 0 Å². The van der Waals surface area contributed by atoms with Crippen LogP contribution in [0.3, 0.4) is 0 Å². The fraction of sp³-hybridized carbons (Fsp3) is 0.800. The predicted molar refractivity (Wildman–Crippen MR) is 49.6 cm³/mol. The highest BCUT2D eigenvalue weighted by Gasteiger charge is 2.11. The summed E-state index contributed by atoms with van der Waals surface area (Å²) in [5.41, 5.74) is 0. The Morgan fingerprint density at radius 3 is 2.82 bits per heavy atom. The normalized spacial score (nSPS) is 27.5. The smallest absolute Gasteiger partial charge is 0.0166 e. The summed E-state index contributed by atoms with van der Waals surface area (Å²) in [6.07, 6.45) is 5.95. The van der Waals surface area contributed by atoms with Crippen LogP contribution < -0.4 is 0 Å². The van der Waals surface area contributed by atoms with Crippen molar-refractivity contribution in [2.75, 3.05) is 13.1 Å². The second-order valence-electron chi connectivity index (χ2n) is 3.78. The molecule has 0 N–H and O–H groups in total. The van der Waals surface area contributed by atoms with E-state index < -0.39 is 0 Å². The second-order valence-corrected chi connectivity index (χ2v) is 3.78. The molecule has 1 heterocycles. The maximum Gasteiger partial charge on any atom is 0.0166 e. The van der Waals surface area contributed by atoms with Crippen molar-refractivity contribution in [3.05, 3.63) is 12.2 Å². The van der Waals surface area contributed by atoms with Crippen LogP contribution in [0.2, 0.25) is 0 Å². The molecular formula is C10H19N. The zero-order chi connectivity index (χ0) is 8.27. The Bertz CT molecular complexity index is 138. The van der Waals surface area contributed by atoms with Crippen LogP contribution in [0.5, 0.6) is 0 Å². The third kappa shape index (κ3) is 2.66. The average Bonchev–Trinajstić information content (AvgIpc) is 2.13. The SMILES string of the molecule is CC1C=CCN(C(C)C)CC1. The second kappa shape index (κ2) is 3.91. The summed E-state index contributed by atoms with van der Waals surface area (Å²) in [5, 5.41) is 0. The van der Waals surface area contributed by atoms with Gasteiger partial charge in [-0.2, -0.15) is 0 Å². The first-order valence-electron chi connectivity index (χ1n) is 4.61. The minimum Gasteiger partial charge on any atom is -0.297 e. The highest BCUT2D eigenvalue weighted by Crippen LogP contribution is 2.11. The molecule has 0 aliphatic carbocycles. The van der Waals surface area contributed by atoms with Gasteiger partial charge in [-0.05, 0) is 32.7 Å². The van der Waals surface area contributed by atoms with Crippen molar-refractivity contribution < 1.29 is 0 Å². The molecule has 0 amide bonds. The van der Waals surface area contributed by atoms with Crippen molar-refractivity contribution in [3.63, 3.8) is 0 Å². The van der Waals surface area contributed by atoms with Crippen molar-refractivity contribution in [1.82, 2.24) is 4.90 Å². The topological polar surface area (TPSA) is 3.24 Å². The molecule has 0 radical (unpaired) electrons. The third-order valence-electron chi connectivity index (χ3n) is 2.41. The molecule has 0 saturated heterocycles. The van der Waals surface area contributed by atoms with Crippen LogP contribution >= 0.6 is 0 Å². The molecule has 1 nitrogen and oxygen atoms in total. The van der Waals surface area contributed by atoms with E-state index >= 15 is 0 Å². The van der Waals surface area contributed by atoms with Crippen molar-refractivity contribution >= 4 is 0 Å². The van der Waals surface area contributed by atoms with Gasteiger partial charge in [-0.1, -0.05) is 19.1 Å². The highest BCUT2D eigenvalue weighted by atomic mass is 15.1. The summed E-state index contributed by atoms with van der Waals surface area (Å²) in [4.78, 5) is 2.51. The summed E-state index contributed by atoms with van der Waals surface area (Å²) >= 11 is 0. The fourth-order valence-electron chi connectivity index (χ4n) is 1.45. The first-order valence-corrected chi connectivity index (χ1v) is 4.61. The Hall–Kier alpha value is -0.300. The quantitative estimate of drug-likeness (QED) is 0.522. The molecule has 1 aliphatic rings. The number of hydrogen-bond acceptors (Lipinski definition) is 1. The van der Waals surface area contributed by atoms with Gasteiger partial charge in [-0.25, -0.2) is 0 Å². The summed E-state index contributed by atoms with van der Waals surface area (Å²) in [7, 11) is 0. The van der Waals surface area contributed by atoms with E-state index in [4.69, 9.17) is 0 Å². The van der Waals surface area contributed by atoms with Gasteiger partial charge in [0, 0.05) is 12.6 Å². The summed E-state index contributed by atoms with van der Waals surface area (Å²) in [6, 6.07) is 0.699. The zero-order valence-corrected chi connectivity index (χ0v) is 7.88. The standard InChI is InChI=1S/C10H19N/c1-9(2)11-7-4-5-10(3)6-8-11/h4-5,9-10H,6-8H2,1-3H3. The van der Waals surface area contributed by atoms with Crippen molar-refractivity contribution in [2.24, 2.45) is 5.92 Å². The first-order chi connectivity index (χ1) is 5.20. The van der Waals surface area contributed by atoms with Gasteiger partial charge in [-0.15, -0.1) is 0 Å². The first kappa shape index (κ1) is 8.79. The van der Waals surface area contributed by atoms with E-state index in [0.717, 1.165) is 12.5 Å². The molecule has 1 rings (SSSR count). The monoisotopic (exact) mass is 153 g/mol. The van der Waals surface area contributed by atoms with Crippen molar-refractivity contribution in [3.8, 4) is 0 Å². The lowest BCUT2D eigenvalue weighted by Crippen LogP contribution is -2.31. The van der Waals surface area contributed by atoms with Crippen LogP contribution in [0.15, 0.2) is 12.2 Å². The van der Waals surface area contributed by atoms with Gasteiger partial charge < -0.3 is 0 Å². The lowest BCUT2D eigenvalue weighted by atomic mass is 10.1.